The molecule has 1 N–H and O–H groups in total. The highest BCUT2D eigenvalue weighted by molar-refractivity contribution is 5.78. The van der Waals surface area contributed by atoms with Gasteiger partial charge in [-0.05, 0) is 20.4 Å². The van der Waals surface area contributed by atoms with Crippen LogP contribution < -0.4 is 0 Å². The highest BCUT2D eigenvalue weighted by atomic mass is 16.5. The Morgan fingerprint density at radius 2 is 2.15 bits per heavy atom. The summed E-state index contributed by atoms with van der Waals surface area (Å²) in [6, 6.07) is 0. The van der Waals surface area contributed by atoms with E-state index >= 15 is 0 Å². The van der Waals surface area contributed by atoms with Gasteiger partial charge >= 0.3 is 5.97 Å². The van der Waals surface area contributed by atoms with E-state index in [9.17, 15) is 4.79 Å². The molecular formula is C9H19NO3. The lowest BCUT2D eigenvalue weighted by atomic mass is 9.97. The average molecular weight is 189 g/mol. The third-order valence-corrected chi connectivity index (χ3v) is 2.62. The molecule has 13 heavy (non-hydrogen) atoms. The smallest absolute Gasteiger partial charge is 0.323 e. The van der Waals surface area contributed by atoms with E-state index in [-0.39, 0.29) is 0 Å². The van der Waals surface area contributed by atoms with Crippen LogP contribution in [0.25, 0.3) is 0 Å². The molecule has 1 unspecified atom stereocenters. The second-order valence-corrected chi connectivity index (χ2v) is 3.35. The van der Waals surface area contributed by atoms with Crippen LogP contribution in [0.1, 0.15) is 20.3 Å². The molecule has 0 saturated carbocycles. The van der Waals surface area contributed by atoms with Crippen molar-refractivity contribution in [1.82, 2.24) is 4.90 Å². The first-order valence-electron chi connectivity index (χ1n) is 4.42. The van der Waals surface area contributed by atoms with Crippen molar-refractivity contribution in [2.45, 2.75) is 25.8 Å². The van der Waals surface area contributed by atoms with Crippen LogP contribution in [0.2, 0.25) is 0 Å². The Kier molecular flexibility index (Phi) is 4.95. The Balaban J connectivity index is 4.29. The lowest BCUT2D eigenvalue weighted by Gasteiger charge is -2.33. The van der Waals surface area contributed by atoms with Crippen LogP contribution in [0, 0.1) is 0 Å². The molecule has 0 rings (SSSR count). The van der Waals surface area contributed by atoms with E-state index in [1.807, 2.05) is 6.92 Å². The number of carbonyl (C=O) groups is 1. The number of hydrogen-bond donors (Lipinski definition) is 1. The van der Waals surface area contributed by atoms with Gasteiger partial charge in [0.05, 0.1) is 6.61 Å². The van der Waals surface area contributed by atoms with E-state index in [1.54, 1.807) is 26.0 Å². The number of methoxy groups -OCH3 is 1. The van der Waals surface area contributed by atoms with Crippen molar-refractivity contribution in [3.05, 3.63) is 0 Å². The molecule has 0 radical (unpaired) electrons. The molecule has 0 bridgehead atoms. The minimum atomic E-state index is -0.784. The van der Waals surface area contributed by atoms with E-state index in [1.165, 1.54) is 0 Å². The van der Waals surface area contributed by atoms with E-state index in [4.69, 9.17) is 9.84 Å². The molecule has 0 aliphatic heterocycles. The number of carboxylic acid groups (broad SMARTS) is 1. The lowest BCUT2D eigenvalue weighted by molar-refractivity contribution is -0.150. The van der Waals surface area contributed by atoms with Crippen molar-refractivity contribution in [3.63, 3.8) is 0 Å². The number of ether oxygens (including phenoxy) is 1. The topological polar surface area (TPSA) is 49.8 Å². The Bertz CT molecular complexity index is 172. The summed E-state index contributed by atoms with van der Waals surface area (Å²) < 4.78 is 4.90. The molecule has 0 fully saturated rings. The minimum Gasteiger partial charge on any atom is -0.480 e. The summed E-state index contributed by atoms with van der Waals surface area (Å²) in [5.74, 6) is -0.784. The normalized spacial score (nSPS) is 15.8. The number of rotatable bonds is 6. The molecule has 4 heteroatoms. The second kappa shape index (κ2) is 5.19. The fourth-order valence-corrected chi connectivity index (χ4v) is 1.06. The van der Waals surface area contributed by atoms with E-state index in [0.717, 1.165) is 0 Å². The largest absolute Gasteiger partial charge is 0.480 e. The molecule has 4 nitrogen and oxygen atoms in total. The van der Waals surface area contributed by atoms with Crippen molar-refractivity contribution in [3.8, 4) is 0 Å². The van der Waals surface area contributed by atoms with Crippen molar-refractivity contribution in [1.29, 1.82) is 0 Å². The Labute approximate surface area is 79.5 Å². The zero-order valence-corrected chi connectivity index (χ0v) is 8.83. The van der Waals surface area contributed by atoms with Gasteiger partial charge in [-0.25, -0.2) is 0 Å². The van der Waals surface area contributed by atoms with Gasteiger partial charge in [-0.15, -0.1) is 0 Å². The van der Waals surface area contributed by atoms with Gasteiger partial charge in [-0.3, -0.25) is 9.69 Å². The fraction of sp³-hybridized carbons (Fsp3) is 0.889. The number of aliphatic carboxylic acids is 1. The van der Waals surface area contributed by atoms with Gasteiger partial charge in [0.15, 0.2) is 0 Å². The van der Waals surface area contributed by atoms with Gasteiger partial charge in [0, 0.05) is 13.7 Å². The molecule has 78 valence electrons. The zero-order valence-electron chi connectivity index (χ0n) is 8.83. The van der Waals surface area contributed by atoms with Gasteiger partial charge in [0.25, 0.3) is 0 Å². The maximum atomic E-state index is 11.0. The third-order valence-electron chi connectivity index (χ3n) is 2.62. The van der Waals surface area contributed by atoms with Crippen LogP contribution in [0.3, 0.4) is 0 Å². The van der Waals surface area contributed by atoms with Crippen LogP contribution in [-0.2, 0) is 9.53 Å². The molecule has 0 spiro atoms. The van der Waals surface area contributed by atoms with Crippen LogP contribution >= 0.6 is 0 Å². The summed E-state index contributed by atoms with van der Waals surface area (Å²) in [4.78, 5) is 12.8. The molecule has 0 aromatic carbocycles. The summed E-state index contributed by atoms with van der Waals surface area (Å²) in [7, 11) is 3.41. The number of hydrogen-bond acceptors (Lipinski definition) is 3. The Morgan fingerprint density at radius 3 is 2.46 bits per heavy atom. The summed E-state index contributed by atoms with van der Waals surface area (Å²) in [5.41, 5.74) is -0.779. The fourth-order valence-electron chi connectivity index (χ4n) is 1.06. The maximum Gasteiger partial charge on any atom is 0.323 e. The Hall–Kier alpha value is -0.610. The van der Waals surface area contributed by atoms with Crippen molar-refractivity contribution >= 4 is 5.97 Å². The van der Waals surface area contributed by atoms with Crippen LogP contribution in [0.4, 0.5) is 0 Å². The van der Waals surface area contributed by atoms with E-state index in [2.05, 4.69) is 0 Å². The van der Waals surface area contributed by atoms with Gasteiger partial charge < -0.3 is 9.84 Å². The maximum absolute atomic E-state index is 11.0. The van der Waals surface area contributed by atoms with E-state index in [0.29, 0.717) is 19.6 Å². The second-order valence-electron chi connectivity index (χ2n) is 3.35. The van der Waals surface area contributed by atoms with Gasteiger partial charge in [0.2, 0.25) is 0 Å². The standard InChI is InChI=1S/C9H19NO3/c1-5-9(2,8(11)12)10(3)6-7-13-4/h5-7H2,1-4H3,(H,11,12). The van der Waals surface area contributed by atoms with Crippen LogP contribution in [-0.4, -0.2) is 48.8 Å². The van der Waals surface area contributed by atoms with Crippen LogP contribution in [0.5, 0.6) is 0 Å². The first-order valence-corrected chi connectivity index (χ1v) is 4.42. The highest BCUT2D eigenvalue weighted by Gasteiger charge is 2.35. The van der Waals surface area contributed by atoms with Gasteiger partial charge in [0.1, 0.15) is 5.54 Å². The molecule has 0 saturated heterocycles. The van der Waals surface area contributed by atoms with Crippen molar-refractivity contribution < 1.29 is 14.6 Å². The molecule has 0 heterocycles. The summed E-state index contributed by atoms with van der Waals surface area (Å²) in [6.07, 6.45) is 0.586. The summed E-state index contributed by atoms with van der Waals surface area (Å²) in [5, 5.41) is 9.02. The monoisotopic (exact) mass is 189 g/mol. The summed E-state index contributed by atoms with van der Waals surface area (Å²) >= 11 is 0. The third kappa shape index (κ3) is 2.97. The Morgan fingerprint density at radius 1 is 1.62 bits per heavy atom. The number of nitrogens with zero attached hydrogens (tertiary/aromatic N) is 1. The SMILES string of the molecule is CCC(C)(C(=O)O)N(C)CCOC. The average Bonchev–Trinajstić information content (AvgIpc) is 2.12. The molecule has 0 aliphatic rings. The molecule has 0 aromatic heterocycles. The first kappa shape index (κ1) is 12.4. The molecular weight excluding hydrogens is 170 g/mol. The van der Waals surface area contributed by atoms with Gasteiger partial charge in [-0.2, -0.15) is 0 Å². The molecule has 0 amide bonds. The zero-order chi connectivity index (χ0) is 10.5. The quantitative estimate of drug-likeness (QED) is 0.672. The highest BCUT2D eigenvalue weighted by Crippen LogP contribution is 2.17. The van der Waals surface area contributed by atoms with E-state index < -0.39 is 11.5 Å². The predicted octanol–water partition coefficient (Wildman–Crippen LogP) is 0.818. The molecule has 0 aromatic rings. The number of likely N-dealkylation sites (N-methyl/N-ethyl adjacent to an activating group) is 1. The molecule has 1 atom stereocenters. The first-order chi connectivity index (χ1) is 5.99. The van der Waals surface area contributed by atoms with Gasteiger partial charge in [-0.1, -0.05) is 6.92 Å². The number of carboxylic acids is 1. The van der Waals surface area contributed by atoms with Crippen molar-refractivity contribution in [2.75, 3.05) is 27.3 Å². The van der Waals surface area contributed by atoms with Crippen molar-refractivity contribution in [2.24, 2.45) is 0 Å². The minimum absolute atomic E-state index is 0.555. The lowest BCUT2D eigenvalue weighted by Crippen LogP contribution is -2.51. The predicted molar refractivity (Wildman–Crippen MR) is 50.8 cm³/mol. The molecule has 0 aliphatic carbocycles. The summed E-state index contributed by atoms with van der Waals surface area (Å²) in [6.45, 7) is 4.79. The van der Waals surface area contributed by atoms with Crippen LogP contribution in [0.15, 0.2) is 0 Å².